The summed E-state index contributed by atoms with van der Waals surface area (Å²) in [5.74, 6) is 0.163. The Hall–Kier alpha value is -0.980. The molecule has 1 heteroatoms. The van der Waals surface area contributed by atoms with Crippen LogP contribution in [0.5, 0.6) is 5.75 Å². The van der Waals surface area contributed by atoms with E-state index in [4.69, 9.17) is 0 Å². The van der Waals surface area contributed by atoms with Crippen molar-refractivity contribution >= 4 is 0 Å². The Labute approximate surface area is 80.4 Å². The predicted octanol–water partition coefficient (Wildman–Crippen LogP) is 3.74. The molecule has 1 radical (unpaired) electrons. The van der Waals surface area contributed by atoms with Gasteiger partial charge in [-0.1, -0.05) is 26.8 Å². The Kier molecular flexibility index (Phi) is 2.38. The minimum absolute atomic E-state index is 0.0461. The lowest BCUT2D eigenvalue weighted by Gasteiger charge is -2.20. The predicted molar refractivity (Wildman–Crippen MR) is 54.7 cm³/mol. The van der Waals surface area contributed by atoms with Gasteiger partial charge in [0.25, 0.3) is 0 Å². The van der Waals surface area contributed by atoms with E-state index in [1.165, 1.54) is 5.56 Å². The molecule has 0 saturated heterocycles. The van der Waals surface area contributed by atoms with Crippen molar-refractivity contribution in [2.24, 2.45) is 0 Å². The average molecular weight is 177 g/mol. The molecule has 0 aliphatic rings. The lowest BCUT2D eigenvalue weighted by molar-refractivity contribution is 0.340. The average Bonchev–Trinajstić information content (AvgIpc) is 1.94. The topological polar surface area (TPSA) is 19.9 Å². The molecule has 1 rings (SSSR count). The van der Waals surface area contributed by atoms with Crippen molar-refractivity contribution in [1.82, 2.24) is 0 Å². The maximum atomic E-state index is 11.6. The van der Waals surface area contributed by atoms with Crippen molar-refractivity contribution < 1.29 is 5.11 Å². The van der Waals surface area contributed by atoms with Gasteiger partial charge in [0.1, 0.15) is 0 Å². The van der Waals surface area contributed by atoms with Crippen LogP contribution in [0.2, 0.25) is 0 Å². The second kappa shape index (κ2) is 3.06. The fourth-order valence-corrected chi connectivity index (χ4v) is 1.38. The molecule has 0 fully saturated rings. The Morgan fingerprint density at radius 3 is 1.92 bits per heavy atom. The summed E-state index contributed by atoms with van der Waals surface area (Å²) in [5, 5.41) is 11.6. The lowest BCUT2D eigenvalue weighted by atomic mass is 9.84. The number of hydrogen-bond acceptors (Lipinski definition) is 0. The van der Waals surface area contributed by atoms with Gasteiger partial charge in [0, 0.05) is 5.56 Å². The minimum Gasteiger partial charge on any atom is -0.290 e. The summed E-state index contributed by atoms with van der Waals surface area (Å²) in [6.07, 6.45) is 0. The van der Waals surface area contributed by atoms with Gasteiger partial charge in [-0.2, -0.15) is 0 Å². The van der Waals surface area contributed by atoms with Crippen LogP contribution in [0.1, 0.15) is 37.5 Å². The van der Waals surface area contributed by atoms with Crippen molar-refractivity contribution in [1.29, 1.82) is 0 Å². The van der Waals surface area contributed by atoms with Gasteiger partial charge in [-0.15, -0.1) is 0 Å². The van der Waals surface area contributed by atoms with E-state index >= 15 is 0 Å². The van der Waals surface area contributed by atoms with Crippen LogP contribution in [0, 0.1) is 13.8 Å². The Bertz CT molecular complexity index is 319. The van der Waals surface area contributed by atoms with Crippen LogP contribution < -0.4 is 0 Å². The van der Waals surface area contributed by atoms with Gasteiger partial charge >= 0.3 is 0 Å². The van der Waals surface area contributed by atoms with E-state index in [2.05, 4.69) is 20.8 Å². The van der Waals surface area contributed by atoms with Crippen molar-refractivity contribution in [3.05, 3.63) is 28.8 Å². The van der Waals surface area contributed by atoms with E-state index in [1.807, 2.05) is 19.9 Å². The van der Waals surface area contributed by atoms with E-state index in [-0.39, 0.29) is 11.2 Å². The molecule has 13 heavy (non-hydrogen) atoms. The monoisotopic (exact) mass is 177 g/mol. The molecule has 71 valence electrons. The summed E-state index contributed by atoms with van der Waals surface area (Å²) in [5.41, 5.74) is 3.15. The quantitative estimate of drug-likeness (QED) is 0.575. The third-order valence-electron chi connectivity index (χ3n) is 2.40. The third-order valence-corrected chi connectivity index (χ3v) is 2.40. The van der Waals surface area contributed by atoms with E-state index in [0.717, 1.165) is 11.1 Å². The molecule has 0 N–H and O–H groups in total. The van der Waals surface area contributed by atoms with Crippen LogP contribution in [-0.4, -0.2) is 0 Å². The standard InChI is InChI=1S/C12H17O/c1-8-6-10(12(3,4)5)11(13)7-9(8)2/h6-7H,1-5H3. The van der Waals surface area contributed by atoms with E-state index in [1.54, 1.807) is 6.07 Å². The largest absolute Gasteiger partial charge is 0.290 e. The van der Waals surface area contributed by atoms with Crippen molar-refractivity contribution in [2.45, 2.75) is 40.0 Å². The van der Waals surface area contributed by atoms with Gasteiger partial charge in [0.2, 0.25) is 0 Å². The smallest absolute Gasteiger partial charge is 0.182 e. The maximum absolute atomic E-state index is 11.6. The first-order valence-electron chi connectivity index (χ1n) is 4.61. The molecule has 0 aliphatic heterocycles. The maximum Gasteiger partial charge on any atom is 0.182 e. The van der Waals surface area contributed by atoms with E-state index in [9.17, 15) is 5.11 Å². The zero-order valence-corrected chi connectivity index (χ0v) is 9.06. The van der Waals surface area contributed by atoms with Gasteiger partial charge in [0.05, 0.1) is 0 Å². The van der Waals surface area contributed by atoms with Gasteiger partial charge in [0.15, 0.2) is 5.75 Å². The van der Waals surface area contributed by atoms with Crippen molar-refractivity contribution in [2.75, 3.05) is 0 Å². The van der Waals surface area contributed by atoms with Gasteiger partial charge in [-0.25, -0.2) is 0 Å². The summed E-state index contributed by atoms with van der Waals surface area (Å²) < 4.78 is 0. The molecule has 0 atom stereocenters. The van der Waals surface area contributed by atoms with Gasteiger partial charge < -0.3 is 0 Å². The first-order valence-corrected chi connectivity index (χ1v) is 4.61. The van der Waals surface area contributed by atoms with Crippen LogP contribution in [0.4, 0.5) is 0 Å². The highest BCUT2D eigenvalue weighted by atomic mass is 16.3. The molecular formula is C12H17O. The van der Waals surface area contributed by atoms with E-state index < -0.39 is 0 Å². The molecule has 0 aromatic heterocycles. The third kappa shape index (κ3) is 2.03. The molecule has 1 aromatic carbocycles. The van der Waals surface area contributed by atoms with Crippen LogP contribution >= 0.6 is 0 Å². The van der Waals surface area contributed by atoms with Crippen molar-refractivity contribution in [3.8, 4) is 5.75 Å². The highest BCUT2D eigenvalue weighted by Gasteiger charge is 2.19. The zero-order valence-electron chi connectivity index (χ0n) is 9.06. The van der Waals surface area contributed by atoms with Gasteiger partial charge in [-0.05, 0) is 36.5 Å². The molecule has 0 unspecified atom stereocenters. The van der Waals surface area contributed by atoms with Crippen LogP contribution in [0.3, 0.4) is 0 Å². The molecule has 1 nitrogen and oxygen atoms in total. The Balaban J connectivity index is 3.32. The number of benzene rings is 1. The fourth-order valence-electron chi connectivity index (χ4n) is 1.38. The Morgan fingerprint density at radius 1 is 1.00 bits per heavy atom. The molecular weight excluding hydrogens is 160 g/mol. The molecule has 0 amide bonds. The normalized spacial score (nSPS) is 11.8. The summed E-state index contributed by atoms with van der Waals surface area (Å²) in [6.45, 7) is 10.2. The highest BCUT2D eigenvalue weighted by Crippen LogP contribution is 2.32. The van der Waals surface area contributed by atoms with Crippen molar-refractivity contribution in [3.63, 3.8) is 0 Å². The van der Waals surface area contributed by atoms with Gasteiger partial charge in [-0.3, -0.25) is 5.11 Å². The highest BCUT2D eigenvalue weighted by molar-refractivity contribution is 5.43. The first-order chi connectivity index (χ1) is 5.82. The summed E-state index contributed by atoms with van der Waals surface area (Å²) in [6, 6.07) is 3.74. The number of aryl methyl sites for hydroxylation is 2. The van der Waals surface area contributed by atoms with Crippen LogP contribution in [0.15, 0.2) is 12.1 Å². The zero-order chi connectivity index (χ0) is 10.2. The second-order valence-corrected chi connectivity index (χ2v) is 4.68. The minimum atomic E-state index is -0.0461. The molecule has 0 bridgehead atoms. The molecule has 0 saturated carbocycles. The summed E-state index contributed by atoms with van der Waals surface area (Å²) in [4.78, 5) is 0. The Morgan fingerprint density at radius 2 is 1.46 bits per heavy atom. The number of hydrogen-bond donors (Lipinski definition) is 0. The molecule has 0 spiro atoms. The fraction of sp³-hybridized carbons (Fsp3) is 0.500. The van der Waals surface area contributed by atoms with E-state index in [0.29, 0.717) is 0 Å². The first kappa shape index (κ1) is 10.1. The molecule has 0 heterocycles. The lowest BCUT2D eigenvalue weighted by Crippen LogP contribution is -2.11. The van der Waals surface area contributed by atoms with Crippen LogP contribution in [0.25, 0.3) is 0 Å². The summed E-state index contributed by atoms with van der Waals surface area (Å²) in [7, 11) is 0. The van der Waals surface area contributed by atoms with Crippen LogP contribution in [-0.2, 0) is 10.5 Å². The molecule has 0 aliphatic carbocycles. The molecule has 1 aromatic rings. The number of rotatable bonds is 0. The summed E-state index contributed by atoms with van der Waals surface area (Å²) >= 11 is 0. The SMILES string of the molecule is Cc1cc([O])c(C(C)(C)C)cc1C. The second-order valence-electron chi connectivity index (χ2n) is 4.68.